The van der Waals surface area contributed by atoms with Crippen molar-refractivity contribution in [3.63, 3.8) is 0 Å². The molecule has 0 aromatic heterocycles. The van der Waals surface area contributed by atoms with Gasteiger partial charge in [-0.1, -0.05) is 6.92 Å². The maximum atomic E-state index is 13.6. The Bertz CT molecular complexity index is 493. The van der Waals surface area contributed by atoms with Gasteiger partial charge in [0.25, 0.3) is 0 Å². The van der Waals surface area contributed by atoms with Crippen LogP contribution in [0.15, 0.2) is 18.2 Å². The van der Waals surface area contributed by atoms with Crippen molar-refractivity contribution in [2.75, 3.05) is 11.9 Å². The molecule has 6 nitrogen and oxygen atoms in total. The van der Waals surface area contributed by atoms with Crippen LogP contribution in [0.3, 0.4) is 0 Å². The quantitative estimate of drug-likeness (QED) is 0.747. The van der Waals surface area contributed by atoms with E-state index in [1.165, 1.54) is 12.1 Å². The lowest BCUT2D eigenvalue weighted by molar-refractivity contribution is -0.139. The third-order valence-corrected chi connectivity index (χ3v) is 2.50. The molecule has 7 heteroatoms. The lowest BCUT2D eigenvalue weighted by atomic mass is 10.2. The number of carbonyl (C=O) groups excluding carboxylic acids is 1. The van der Waals surface area contributed by atoms with Crippen molar-refractivity contribution >= 4 is 17.7 Å². The molecule has 0 spiro atoms. The first-order valence-corrected chi connectivity index (χ1v) is 6.20. The van der Waals surface area contributed by atoms with Crippen molar-refractivity contribution in [1.82, 2.24) is 5.32 Å². The highest BCUT2D eigenvalue weighted by atomic mass is 19.1. The molecule has 0 saturated carbocycles. The van der Waals surface area contributed by atoms with Crippen molar-refractivity contribution in [3.8, 4) is 5.75 Å². The summed E-state index contributed by atoms with van der Waals surface area (Å²) in [5.41, 5.74) is 0.212. The highest BCUT2D eigenvalue weighted by Crippen LogP contribution is 2.21. The fourth-order valence-corrected chi connectivity index (χ4v) is 1.51. The van der Waals surface area contributed by atoms with E-state index in [9.17, 15) is 14.0 Å². The van der Waals surface area contributed by atoms with E-state index in [4.69, 9.17) is 9.84 Å². The summed E-state index contributed by atoms with van der Waals surface area (Å²) in [6, 6.07) is 2.27. The van der Waals surface area contributed by atoms with Crippen LogP contribution < -0.4 is 15.4 Å². The van der Waals surface area contributed by atoms with Gasteiger partial charge in [-0.05, 0) is 25.5 Å². The van der Waals surface area contributed by atoms with Crippen LogP contribution in [0.1, 0.15) is 20.3 Å². The normalized spacial score (nSPS) is 11.6. The van der Waals surface area contributed by atoms with E-state index in [1.807, 2.05) is 0 Å². The van der Waals surface area contributed by atoms with Crippen molar-refractivity contribution in [2.24, 2.45) is 0 Å². The van der Waals surface area contributed by atoms with Crippen LogP contribution in [0, 0.1) is 5.82 Å². The van der Waals surface area contributed by atoms with Crippen molar-refractivity contribution in [3.05, 3.63) is 24.0 Å². The minimum absolute atomic E-state index is 0.0930. The number of benzene rings is 1. The Morgan fingerprint density at radius 2 is 2.10 bits per heavy atom. The van der Waals surface area contributed by atoms with Gasteiger partial charge >= 0.3 is 12.0 Å². The minimum atomic E-state index is -1.12. The van der Waals surface area contributed by atoms with Crippen molar-refractivity contribution < 1.29 is 23.8 Å². The minimum Gasteiger partial charge on any atom is -0.491 e. The second-order valence-electron chi connectivity index (χ2n) is 3.98. The van der Waals surface area contributed by atoms with Crippen LogP contribution in [0.2, 0.25) is 0 Å². The molecule has 1 aromatic rings. The molecule has 1 aromatic carbocycles. The van der Waals surface area contributed by atoms with Crippen LogP contribution in [0.5, 0.6) is 5.75 Å². The molecule has 20 heavy (non-hydrogen) atoms. The maximum Gasteiger partial charge on any atom is 0.326 e. The monoisotopic (exact) mass is 284 g/mol. The summed E-state index contributed by atoms with van der Waals surface area (Å²) in [7, 11) is 0. The molecule has 0 radical (unpaired) electrons. The fourth-order valence-electron chi connectivity index (χ4n) is 1.51. The number of urea groups is 1. The Labute approximate surface area is 115 Å². The lowest BCUT2D eigenvalue weighted by Crippen LogP contribution is -2.42. The number of carboxylic acid groups (broad SMARTS) is 1. The molecule has 1 rings (SSSR count). The number of ether oxygens (including phenoxy) is 1. The Hall–Kier alpha value is -2.31. The SMILES string of the molecule is CCOc1ccc(NC(=O)N[C@H](CC)C(=O)O)cc1F. The first-order valence-electron chi connectivity index (χ1n) is 6.20. The summed E-state index contributed by atoms with van der Waals surface area (Å²) >= 11 is 0. The number of carbonyl (C=O) groups is 2. The topological polar surface area (TPSA) is 87.7 Å². The standard InChI is InChI=1S/C13H17FN2O4/c1-3-10(12(17)18)16-13(19)15-8-5-6-11(20-4-2)9(14)7-8/h5-7,10H,3-4H2,1-2H3,(H,17,18)(H2,15,16,19)/t10-/m1/s1. The number of rotatable bonds is 6. The number of aliphatic carboxylic acids is 1. The molecule has 3 N–H and O–H groups in total. The van der Waals surface area contributed by atoms with Gasteiger partial charge in [0.15, 0.2) is 11.6 Å². The van der Waals surface area contributed by atoms with E-state index < -0.39 is 23.9 Å². The third kappa shape index (κ3) is 4.42. The number of anilines is 1. The summed E-state index contributed by atoms with van der Waals surface area (Å²) in [5, 5.41) is 13.4. The number of nitrogens with one attached hydrogen (secondary N) is 2. The summed E-state index contributed by atoms with van der Waals surface area (Å²) in [6.07, 6.45) is 0.250. The largest absolute Gasteiger partial charge is 0.491 e. The predicted molar refractivity (Wildman–Crippen MR) is 71.4 cm³/mol. The second kappa shape index (κ2) is 7.32. The Morgan fingerprint density at radius 1 is 1.40 bits per heavy atom. The molecule has 2 amide bonds. The van der Waals surface area contributed by atoms with E-state index in [-0.39, 0.29) is 17.9 Å². The van der Waals surface area contributed by atoms with Gasteiger partial charge in [0.05, 0.1) is 6.61 Å². The van der Waals surface area contributed by atoms with Gasteiger partial charge in [-0.15, -0.1) is 0 Å². The summed E-state index contributed by atoms with van der Waals surface area (Å²) in [6.45, 7) is 3.70. The predicted octanol–water partition coefficient (Wildman–Crippen LogP) is 2.21. The van der Waals surface area contributed by atoms with Gasteiger partial charge in [0.1, 0.15) is 6.04 Å². The maximum absolute atomic E-state index is 13.6. The summed E-state index contributed by atoms with van der Waals surface area (Å²) in [4.78, 5) is 22.3. The van der Waals surface area contributed by atoms with Crippen LogP contribution >= 0.6 is 0 Å². The zero-order chi connectivity index (χ0) is 15.1. The van der Waals surface area contributed by atoms with Gasteiger partial charge in [-0.2, -0.15) is 0 Å². The van der Waals surface area contributed by atoms with E-state index >= 15 is 0 Å². The molecule has 0 unspecified atom stereocenters. The van der Waals surface area contributed by atoms with Gasteiger partial charge in [-0.25, -0.2) is 14.0 Å². The molecule has 0 aliphatic rings. The van der Waals surface area contributed by atoms with Crippen molar-refractivity contribution in [2.45, 2.75) is 26.3 Å². The van der Waals surface area contributed by atoms with E-state index in [0.29, 0.717) is 6.61 Å². The van der Waals surface area contributed by atoms with Gasteiger partial charge in [-0.3, -0.25) is 0 Å². The van der Waals surface area contributed by atoms with Crippen LogP contribution in [-0.2, 0) is 4.79 Å². The number of hydrogen-bond donors (Lipinski definition) is 3. The van der Waals surface area contributed by atoms with Crippen molar-refractivity contribution in [1.29, 1.82) is 0 Å². The first-order chi connectivity index (χ1) is 9.47. The van der Waals surface area contributed by atoms with E-state index in [1.54, 1.807) is 13.8 Å². The zero-order valence-corrected chi connectivity index (χ0v) is 11.3. The number of hydrogen-bond acceptors (Lipinski definition) is 3. The summed E-state index contributed by atoms with van der Waals surface area (Å²) in [5.74, 6) is -1.63. The molecule has 0 heterocycles. The molecule has 0 aliphatic heterocycles. The average Bonchev–Trinajstić information content (AvgIpc) is 2.39. The summed E-state index contributed by atoms with van der Waals surface area (Å²) < 4.78 is 18.6. The molecule has 0 aliphatic carbocycles. The fraction of sp³-hybridized carbons (Fsp3) is 0.385. The molecule has 0 fully saturated rings. The van der Waals surface area contributed by atoms with Crippen LogP contribution in [0.4, 0.5) is 14.9 Å². The first kappa shape index (κ1) is 15.7. The van der Waals surface area contributed by atoms with Gasteiger partial charge in [0, 0.05) is 11.8 Å². The van der Waals surface area contributed by atoms with E-state index in [2.05, 4.69) is 10.6 Å². The Balaban J connectivity index is 2.66. The molecule has 1 atom stereocenters. The second-order valence-corrected chi connectivity index (χ2v) is 3.98. The van der Waals surface area contributed by atoms with Gasteiger partial charge in [0.2, 0.25) is 0 Å². The number of halogens is 1. The highest BCUT2D eigenvalue weighted by molar-refractivity contribution is 5.92. The molecule has 0 saturated heterocycles. The number of carboxylic acids is 1. The van der Waals surface area contributed by atoms with Crippen LogP contribution in [0.25, 0.3) is 0 Å². The Kier molecular flexibility index (Phi) is 5.76. The molecule has 0 bridgehead atoms. The third-order valence-electron chi connectivity index (χ3n) is 2.50. The lowest BCUT2D eigenvalue weighted by Gasteiger charge is -2.13. The molecule has 110 valence electrons. The Morgan fingerprint density at radius 3 is 2.60 bits per heavy atom. The van der Waals surface area contributed by atoms with Gasteiger partial charge < -0.3 is 20.5 Å². The van der Waals surface area contributed by atoms with E-state index in [0.717, 1.165) is 6.07 Å². The molecular weight excluding hydrogens is 267 g/mol. The average molecular weight is 284 g/mol. The number of amides is 2. The van der Waals surface area contributed by atoms with Crippen LogP contribution in [-0.4, -0.2) is 29.8 Å². The highest BCUT2D eigenvalue weighted by Gasteiger charge is 2.17. The zero-order valence-electron chi connectivity index (χ0n) is 11.3. The smallest absolute Gasteiger partial charge is 0.326 e. The molecular formula is C13H17FN2O4.